The van der Waals surface area contributed by atoms with Crippen LogP contribution >= 0.6 is 0 Å². The zero-order valence-electron chi connectivity index (χ0n) is 8.09. The van der Waals surface area contributed by atoms with Gasteiger partial charge >= 0.3 is 0 Å². The molecule has 0 bridgehead atoms. The van der Waals surface area contributed by atoms with Gasteiger partial charge < -0.3 is 5.32 Å². The average Bonchev–Trinajstić information content (AvgIpc) is 2.31. The van der Waals surface area contributed by atoms with Crippen molar-refractivity contribution in [2.24, 2.45) is 0 Å². The summed E-state index contributed by atoms with van der Waals surface area (Å²) in [5, 5.41) is 9.54. The Balaban J connectivity index is 2.12. The van der Waals surface area contributed by atoms with Gasteiger partial charge in [-0.15, -0.1) is 5.10 Å². The first-order chi connectivity index (χ1) is 7.75. The molecule has 1 amide bonds. The molecule has 0 saturated heterocycles. The molecule has 0 spiro atoms. The van der Waals surface area contributed by atoms with E-state index in [0.717, 1.165) is 0 Å². The van der Waals surface area contributed by atoms with E-state index in [9.17, 15) is 9.18 Å². The first-order valence-corrected chi connectivity index (χ1v) is 4.45. The lowest BCUT2D eigenvalue weighted by atomic mass is 10.2. The van der Waals surface area contributed by atoms with Crippen molar-refractivity contribution >= 4 is 11.7 Å². The van der Waals surface area contributed by atoms with Gasteiger partial charge in [-0.05, 0) is 24.3 Å². The summed E-state index contributed by atoms with van der Waals surface area (Å²) in [6, 6.07) is 5.21. The molecular formula is C10H7FN4O. The molecule has 1 N–H and O–H groups in total. The van der Waals surface area contributed by atoms with Gasteiger partial charge in [0.2, 0.25) is 0 Å². The van der Waals surface area contributed by atoms with Crippen molar-refractivity contribution in [3.05, 3.63) is 48.2 Å². The summed E-state index contributed by atoms with van der Waals surface area (Å²) in [6.45, 7) is 0. The number of hydrogen-bond acceptors (Lipinski definition) is 4. The van der Waals surface area contributed by atoms with E-state index in [1.165, 1.54) is 36.8 Å². The standard InChI is InChI=1S/C10H7FN4O/c11-8-3-1-7(2-4-8)10(16)15-9-5-13-14-6-12-9/h1-6H,(H,12,14,15,16). The Labute approximate surface area is 90.4 Å². The second-order valence-electron chi connectivity index (χ2n) is 2.95. The molecule has 80 valence electrons. The van der Waals surface area contributed by atoms with Crippen LogP contribution in [0, 0.1) is 5.82 Å². The maximum absolute atomic E-state index is 12.6. The molecule has 16 heavy (non-hydrogen) atoms. The van der Waals surface area contributed by atoms with Crippen LogP contribution in [0.1, 0.15) is 10.4 Å². The number of hydrogen-bond donors (Lipinski definition) is 1. The van der Waals surface area contributed by atoms with Gasteiger partial charge in [0.05, 0.1) is 6.20 Å². The topological polar surface area (TPSA) is 67.8 Å². The van der Waals surface area contributed by atoms with E-state index in [1.54, 1.807) is 0 Å². The predicted octanol–water partition coefficient (Wildman–Crippen LogP) is 1.26. The number of carbonyl (C=O) groups excluding carboxylic acids is 1. The summed E-state index contributed by atoms with van der Waals surface area (Å²) in [5.74, 6) is -0.468. The summed E-state index contributed by atoms with van der Waals surface area (Å²) in [7, 11) is 0. The summed E-state index contributed by atoms with van der Waals surface area (Å²) in [6.07, 6.45) is 2.54. The summed E-state index contributed by atoms with van der Waals surface area (Å²) < 4.78 is 12.6. The highest BCUT2D eigenvalue weighted by Gasteiger charge is 2.06. The molecule has 1 aromatic heterocycles. The number of aromatic nitrogens is 3. The van der Waals surface area contributed by atoms with Crippen LogP contribution in [-0.2, 0) is 0 Å². The lowest BCUT2D eigenvalue weighted by Crippen LogP contribution is -2.13. The second kappa shape index (κ2) is 4.43. The minimum absolute atomic E-state index is 0.296. The summed E-state index contributed by atoms with van der Waals surface area (Å²) in [4.78, 5) is 15.4. The molecule has 5 nitrogen and oxygen atoms in total. The number of benzene rings is 1. The van der Waals surface area contributed by atoms with E-state index in [-0.39, 0.29) is 11.7 Å². The molecule has 2 aromatic rings. The van der Waals surface area contributed by atoms with E-state index in [2.05, 4.69) is 20.5 Å². The zero-order valence-corrected chi connectivity index (χ0v) is 8.09. The molecular weight excluding hydrogens is 211 g/mol. The van der Waals surface area contributed by atoms with Crippen molar-refractivity contribution in [2.75, 3.05) is 5.32 Å². The average molecular weight is 218 g/mol. The van der Waals surface area contributed by atoms with E-state index < -0.39 is 0 Å². The van der Waals surface area contributed by atoms with Crippen LogP contribution in [0.3, 0.4) is 0 Å². The van der Waals surface area contributed by atoms with Crippen LogP contribution in [0.4, 0.5) is 10.2 Å². The van der Waals surface area contributed by atoms with E-state index in [4.69, 9.17) is 0 Å². The first-order valence-electron chi connectivity index (χ1n) is 4.45. The zero-order chi connectivity index (χ0) is 11.4. The third-order valence-electron chi connectivity index (χ3n) is 1.84. The van der Waals surface area contributed by atoms with E-state index in [0.29, 0.717) is 11.4 Å². The molecule has 0 radical (unpaired) electrons. The SMILES string of the molecule is O=C(Nc1cnncn1)c1ccc(F)cc1. The normalized spacial score (nSPS) is 9.81. The molecule has 0 aliphatic rings. The maximum Gasteiger partial charge on any atom is 0.256 e. The van der Waals surface area contributed by atoms with Gasteiger partial charge in [0, 0.05) is 5.56 Å². The van der Waals surface area contributed by atoms with Gasteiger partial charge in [0.1, 0.15) is 12.1 Å². The fraction of sp³-hybridized carbons (Fsp3) is 0. The van der Waals surface area contributed by atoms with Crippen LogP contribution in [0.2, 0.25) is 0 Å². The van der Waals surface area contributed by atoms with Gasteiger partial charge in [0.25, 0.3) is 5.91 Å². The Kier molecular flexibility index (Phi) is 2.81. The van der Waals surface area contributed by atoms with Gasteiger partial charge in [-0.2, -0.15) is 5.10 Å². The van der Waals surface area contributed by atoms with E-state index in [1.807, 2.05) is 0 Å². The van der Waals surface area contributed by atoms with Crippen molar-refractivity contribution in [1.29, 1.82) is 0 Å². The van der Waals surface area contributed by atoms with Gasteiger partial charge in [-0.1, -0.05) is 0 Å². The fourth-order valence-electron chi connectivity index (χ4n) is 1.09. The van der Waals surface area contributed by atoms with Crippen molar-refractivity contribution in [1.82, 2.24) is 15.2 Å². The van der Waals surface area contributed by atoms with Crippen LogP contribution in [0.25, 0.3) is 0 Å². The first kappa shape index (κ1) is 10.2. The molecule has 0 atom stereocenters. The van der Waals surface area contributed by atoms with Crippen LogP contribution in [0.5, 0.6) is 0 Å². The monoisotopic (exact) mass is 218 g/mol. The molecule has 0 aliphatic heterocycles. The number of nitrogens with one attached hydrogen (secondary N) is 1. The van der Waals surface area contributed by atoms with Crippen LogP contribution < -0.4 is 5.32 Å². The molecule has 0 saturated carbocycles. The number of amides is 1. The van der Waals surface area contributed by atoms with E-state index >= 15 is 0 Å². The number of halogens is 1. The fourth-order valence-corrected chi connectivity index (χ4v) is 1.09. The molecule has 0 aliphatic carbocycles. The smallest absolute Gasteiger partial charge is 0.256 e. The van der Waals surface area contributed by atoms with Gasteiger partial charge in [-0.25, -0.2) is 9.37 Å². The largest absolute Gasteiger partial charge is 0.305 e. The maximum atomic E-state index is 12.6. The molecule has 0 unspecified atom stereocenters. The lowest BCUT2D eigenvalue weighted by molar-refractivity contribution is 0.102. The Hall–Kier alpha value is -2.37. The molecule has 1 heterocycles. The minimum atomic E-state index is -0.389. The van der Waals surface area contributed by atoms with Crippen LogP contribution in [-0.4, -0.2) is 21.1 Å². The summed E-state index contributed by atoms with van der Waals surface area (Å²) >= 11 is 0. The number of anilines is 1. The Morgan fingerprint density at radius 3 is 2.56 bits per heavy atom. The number of carbonyl (C=O) groups is 1. The molecule has 1 aromatic carbocycles. The Morgan fingerprint density at radius 2 is 1.94 bits per heavy atom. The summed E-state index contributed by atoms with van der Waals surface area (Å²) in [5.41, 5.74) is 0.347. The Morgan fingerprint density at radius 1 is 1.19 bits per heavy atom. The minimum Gasteiger partial charge on any atom is -0.305 e. The molecule has 6 heteroatoms. The van der Waals surface area contributed by atoms with Crippen molar-refractivity contribution in [2.45, 2.75) is 0 Å². The second-order valence-corrected chi connectivity index (χ2v) is 2.95. The predicted molar refractivity (Wildman–Crippen MR) is 54.2 cm³/mol. The quantitative estimate of drug-likeness (QED) is 0.824. The van der Waals surface area contributed by atoms with Crippen molar-refractivity contribution in [3.8, 4) is 0 Å². The highest BCUT2D eigenvalue weighted by molar-refractivity contribution is 6.03. The highest BCUT2D eigenvalue weighted by Crippen LogP contribution is 2.05. The Bertz CT molecular complexity index is 486. The third kappa shape index (κ3) is 2.35. The van der Waals surface area contributed by atoms with Gasteiger partial charge in [-0.3, -0.25) is 4.79 Å². The molecule has 2 rings (SSSR count). The van der Waals surface area contributed by atoms with Crippen molar-refractivity contribution < 1.29 is 9.18 Å². The van der Waals surface area contributed by atoms with Crippen LogP contribution in [0.15, 0.2) is 36.8 Å². The third-order valence-corrected chi connectivity index (χ3v) is 1.84. The number of rotatable bonds is 2. The molecule has 0 fully saturated rings. The lowest BCUT2D eigenvalue weighted by Gasteiger charge is -2.02. The highest BCUT2D eigenvalue weighted by atomic mass is 19.1. The van der Waals surface area contributed by atoms with Crippen molar-refractivity contribution in [3.63, 3.8) is 0 Å². The number of nitrogens with zero attached hydrogens (tertiary/aromatic N) is 3. The van der Waals surface area contributed by atoms with Gasteiger partial charge in [0.15, 0.2) is 5.82 Å².